The second-order valence-electron chi connectivity index (χ2n) is 1.18. The van der Waals surface area contributed by atoms with E-state index in [4.69, 9.17) is 23.2 Å². The Labute approximate surface area is 63.4 Å². The van der Waals surface area contributed by atoms with Crippen LogP contribution in [-0.4, -0.2) is 18.8 Å². The minimum Gasteiger partial charge on any atom is -0.498 e. The first-order valence-electron chi connectivity index (χ1n) is 2.29. The summed E-state index contributed by atoms with van der Waals surface area (Å²) in [5.41, 5.74) is 0. The molecule has 0 saturated heterocycles. The number of ether oxygens (including phenoxy) is 1. The standard InChI is InChI=1S/C5H6Cl2O2/c6-1-2-9-4-5(7)3-8/h3-4H,1-2H2. The van der Waals surface area contributed by atoms with Crippen molar-refractivity contribution < 1.29 is 9.53 Å². The average Bonchev–Trinajstić information content (AvgIpc) is 1.89. The molecule has 0 heterocycles. The normalized spacial score (nSPS) is 11.1. The van der Waals surface area contributed by atoms with E-state index in [0.717, 1.165) is 6.26 Å². The van der Waals surface area contributed by atoms with Gasteiger partial charge in [-0.15, -0.1) is 11.6 Å². The minimum absolute atomic E-state index is 0.0418. The highest BCUT2D eigenvalue weighted by molar-refractivity contribution is 6.38. The van der Waals surface area contributed by atoms with Crippen LogP contribution in [0.2, 0.25) is 0 Å². The van der Waals surface area contributed by atoms with Gasteiger partial charge in [0.2, 0.25) is 0 Å². The fraction of sp³-hybridized carbons (Fsp3) is 0.400. The molecule has 0 N–H and O–H groups in total. The molecule has 0 aliphatic carbocycles. The van der Waals surface area contributed by atoms with Gasteiger partial charge in [0.05, 0.1) is 5.88 Å². The van der Waals surface area contributed by atoms with E-state index in [1.807, 2.05) is 0 Å². The summed E-state index contributed by atoms with van der Waals surface area (Å²) in [5.74, 6) is 0.388. The van der Waals surface area contributed by atoms with Crippen LogP contribution in [0.1, 0.15) is 0 Å². The first kappa shape index (κ1) is 8.79. The molecule has 0 aromatic carbocycles. The van der Waals surface area contributed by atoms with E-state index in [0.29, 0.717) is 18.8 Å². The Kier molecular flexibility index (Phi) is 5.78. The molecule has 0 fully saturated rings. The first-order chi connectivity index (χ1) is 4.31. The van der Waals surface area contributed by atoms with Crippen LogP contribution in [0.15, 0.2) is 11.3 Å². The van der Waals surface area contributed by atoms with Crippen molar-refractivity contribution in [3.8, 4) is 0 Å². The number of halogens is 2. The molecule has 0 unspecified atom stereocenters. The Hall–Kier alpha value is -0.210. The van der Waals surface area contributed by atoms with E-state index in [1.165, 1.54) is 0 Å². The molecule has 0 bridgehead atoms. The van der Waals surface area contributed by atoms with Crippen molar-refractivity contribution in [2.75, 3.05) is 12.5 Å². The van der Waals surface area contributed by atoms with Crippen LogP contribution >= 0.6 is 23.2 Å². The van der Waals surface area contributed by atoms with E-state index in [9.17, 15) is 4.79 Å². The number of carbonyl (C=O) groups is 1. The number of carbonyl (C=O) groups excluding carboxylic acids is 1. The third kappa shape index (κ3) is 5.66. The lowest BCUT2D eigenvalue weighted by Crippen LogP contribution is -1.87. The van der Waals surface area contributed by atoms with Crippen molar-refractivity contribution in [1.29, 1.82) is 0 Å². The highest BCUT2D eigenvalue weighted by atomic mass is 35.5. The summed E-state index contributed by atoms with van der Waals surface area (Å²) in [6.07, 6.45) is 1.66. The molecule has 0 radical (unpaired) electrons. The van der Waals surface area contributed by atoms with Crippen molar-refractivity contribution in [2.24, 2.45) is 0 Å². The van der Waals surface area contributed by atoms with Crippen molar-refractivity contribution in [1.82, 2.24) is 0 Å². The fourth-order valence-corrected chi connectivity index (χ4v) is 0.363. The maximum Gasteiger partial charge on any atom is 0.164 e. The number of allylic oxidation sites excluding steroid dienone is 1. The highest BCUT2D eigenvalue weighted by Gasteiger charge is 1.85. The van der Waals surface area contributed by atoms with Gasteiger partial charge in [-0.05, 0) is 0 Å². The van der Waals surface area contributed by atoms with Gasteiger partial charge in [0.25, 0.3) is 0 Å². The molecule has 2 nitrogen and oxygen atoms in total. The van der Waals surface area contributed by atoms with Gasteiger partial charge >= 0.3 is 0 Å². The van der Waals surface area contributed by atoms with Gasteiger partial charge in [-0.3, -0.25) is 4.79 Å². The maximum atomic E-state index is 9.79. The Morgan fingerprint density at radius 1 is 1.67 bits per heavy atom. The fourth-order valence-electron chi connectivity index (χ4n) is 0.211. The van der Waals surface area contributed by atoms with E-state index in [1.54, 1.807) is 0 Å². The zero-order valence-corrected chi connectivity index (χ0v) is 6.15. The Balaban J connectivity index is 3.31. The zero-order chi connectivity index (χ0) is 7.11. The van der Waals surface area contributed by atoms with Crippen molar-refractivity contribution in [2.45, 2.75) is 0 Å². The summed E-state index contributed by atoms with van der Waals surface area (Å²) in [4.78, 5) is 9.79. The van der Waals surface area contributed by atoms with Gasteiger partial charge in [-0.25, -0.2) is 0 Å². The predicted molar refractivity (Wildman–Crippen MR) is 36.7 cm³/mol. The molecule has 0 rings (SSSR count). The van der Waals surface area contributed by atoms with Crippen LogP contribution in [0.3, 0.4) is 0 Å². The molecule has 4 heteroatoms. The molecule has 0 aliphatic heterocycles. The molecule has 0 aromatic rings. The van der Waals surface area contributed by atoms with E-state index < -0.39 is 0 Å². The third-order valence-corrected chi connectivity index (χ3v) is 0.836. The third-order valence-electron chi connectivity index (χ3n) is 0.504. The lowest BCUT2D eigenvalue weighted by atomic mass is 10.7. The summed E-state index contributed by atoms with van der Waals surface area (Å²) in [6.45, 7) is 0.367. The number of alkyl halides is 1. The quantitative estimate of drug-likeness (QED) is 0.209. The lowest BCUT2D eigenvalue weighted by molar-refractivity contribution is -0.104. The van der Waals surface area contributed by atoms with Crippen molar-refractivity contribution in [3.63, 3.8) is 0 Å². The van der Waals surface area contributed by atoms with Gasteiger partial charge in [0.1, 0.15) is 17.9 Å². The molecule has 0 atom stereocenters. The number of hydrogen-bond donors (Lipinski definition) is 0. The van der Waals surface area contributed by atoms with Crippen molar-refractivity contribution >= 4 is 29.5 Å². The highest BCUT2D eigenvalue weighted by Crippen LogP contribution is 1.95. The second-order valence-corrected chi connectivity index (χ2v) is 1.99. The van der Waals surface area contributed by atoms with Crippen LogP contribution < -0.4 is 0 Å². The van der Waals surface area contributed by atoms with Gasteiger partial charge in [-0.2, -0.15) is 0 Å². The molecule has 0 saturated carbocycles. The molecular weight excluding hydrogens is 163 g/mol. The first-order valence-corrected chi connectivity index (χ1v) is 3.21. The Morgan fingerprint density at radius 2 is 2.33 bits per heavy atom. The number of aldehydes is 1. The second kappa shape index (κ2) is 5.92. The van der Waals surface area contributed by atoms with Crippen LogP contribution in [-0.2, 0) is 9.53 Å². The summed E-state index contributed by atoms with van der Waals surface area (Å²) in [6, 6.07) is 0. The van der Waals surface area contributed by atoms with Gasteiger partial charge in [0.15, 0.2) is 6.29 Å². The summed E-state index contributed by atoms with van der Waals surface area (Å²) < 4.78 is 4.68. The number of hydrogen-bond acceptors (Lipinski definition) is 2. The molecular formula is C5H6Cl2O2. The molecule has 0 aromatic heterocycles. The summed E-state index contributed by atoms with van der Waals surface area (Å²) in [5, 5.41) is 0.0418. The Bertz CT molecular complexity index is 112. The maximum absolute atomic E-state index is 9.79. The molecule has 52 valence electrons. The Morgan fingerprint density at radius 3 is 2.78 bits per heavy atom. The van der Waals surface area contributed by atoms with Gasteiger partial charge in [0, 0.05) is 0 Å². The zero-order valence-electron chi connectivity index (χ0n) is 4.64. The van der Waals surface area contributed by atoms with E-state index in [2.05, 4.69) is 4.74 Å². The topological polar surface area (TPSA) is 26.3 Å². The molecule has 0 spiro atoms. The lowest BCUT2D eigenvalue weighted by Gasteiger charge is -1.92. The molecule has 0 aliphatic rings. The summed E-state index contributed by atoms with van der Waals surface area (Å²) in [7, 11) is 0. The van der Waals surface area contributed by atoms with Gasteiger partial charge in [-0.1, -0.05) is 11.6 Å². The van der Waals surface area contributed by atoms with E-state index >= 15 is 0 Å². The van der Waals surface area contributed by atoms with Crippen LogP contribution in [0.5, 0.6) is 0 Å². The SMILES string of the molecule is O=CC(Cl)=COCCCl. The van der Waals surface area contributed by atoms with E-state index in [-0.39, 0.29) is 5.03 Å². The van der Waals surface area contributed by atoms with Gasteiger partial charge < -0.3 is 4.74 Å². The smallest absolute Gasteiger partial charge is 0.164 e. The minimum atomic E-state index is 0.0418. The monoisotopic (exact) mass is 168 g/mol. The average molecular weight is 169 g/mol. The summed E-state index contributed by atoms with van der Waals surface area (Å²) >= 11 is 10.5. The molecule has 0 amide bonds. The largest absolute Gasteiger partial charge is 0.498 e. The van der Waals surface area contributed by atoms with Crippen LogP contribution in [0.25, 0.3) is 0 Å². The molecule has 9 heavy (non-hydrogen) atoms. The van der Waals surface area contributed by atoms with Crippen LogP contribution in [0, 0.1) is 0 Å². The van der Waals surface area contributed by atoms with Crippen molar-refractivity contribution in [3.05, 3.63) is 11.3 Å². The predicted octanol–water partition coefficient (Wildman–Crippen LogP) is 1.52. The van der Waals surface area contributed by atoms with Crippen LogP contribution in [0.4, 0.5) is 0 Å². The number of rotatable bonds is 4.